The van der Waals surface area contributed by atoms with Gasteiger partial charge in [0, 0.05) is 24.2 Å². The number of rotatable bonds is 5. The highest BCUT2D eigenvalue weighted by atomic mass is 16.2. The van der Waals surface area contributed by atoms with Crippen molar-refractivity contribution in [2.45, 2.75) is 25.8 Å². The van der Waals surface area contributed by atoms with Crippen molar-refractivity contribution < 1.29 is 9.59 Å². The van der Waals surface area contributed by atoms with Crippen molar-refractivity contribution in [1.82, 2.24) is 5.32 Å². The second-order valence-corrected chi connectivity index (χ2v) is 7.42. The number of carbonyl (C=O) groups excluding carboxylic acids is 2. The third-order valence-corrected chi connectivity index (χ3v) is 5.35. The molecule has 29 heavy (non-hydrogen) atoms. The smallest absolute Gasteiger partial charge is 0.259 e. The lowest BCUT2D eigenvalue weighted by molar-refractivity contribution is -0.122. The topological polar surface area (TPSA) is 49.4 Å². The van der Waals surface area contributed by atoms with E-state index in [9.17, 15) is 9.59 Å². The summed E-state index contributed by atoms with van der Waals surface area (Å²) in [5, 5.41) is 3.03. The molecule has 0 radical (unpaired) electrons. The van der Waals surface area contributed by atoms with Crippen LogP contribution in [-0.4, -0.2) is 24.4 Å². The molecule has 0 fully saturated rings. The van der Waals surface area contributed by atoms with Gasteiger partial charge in [0.1, 0.15) is 6.04 Å². The van der Waals surface area contributed by atoms with Crippen molar-refractivity contribution in [2.24, 2.45) is 0 Å². The zero-order valence-corrected chi connectivity index (χ0v) is 16.5. The van der Waals surface area contributed by atoms with E-state index in [1.165, 1.54) is 11.1 Å². The van der Waals surface area contributed by atoms with Gasteiger partial charge < -0.3 is 5.32 Å². The maximum atomic E-state index is 13.2. The molecule has 146 valence electrons. The summed E-state index contributed by atoms with van der Waals surface area (Å²) in [5.41, 5.74) is 4.83. The van der Waals surface area contributed by atoms with Crippen LogP contribution in [0.1, 0.15) is 27.0 Å². The van der Waals surface area contributed by atoms with Crippen LogP contribution < -0.4 is 10.2 Å². The summed E-state index contributed by atoms with van der Waals surface area (Å²) in [4.78, 5) is 27.8. The zero-order chi connectivity index (χ0) is 20.2. The van der Waals surface area contributed by atoms with E-state index in [1.54, 1.807) is 17.0 Å². The number of hydrogen-bond acceptors (Lipinski definition) is 2. The Labute approximate surface area is 171 Å². The number of carbonyl (C=O) groups is 2. The minimum atomic E-state index is -0.530. The van der Waals surface area contributed by atoms with Crippen LogP contribution in [0.3, 0.4) is 0 Å². The van der Waals surface area contributed by atoms with E-state index in [4.69, 9.17) is 0 Å². The number of nitrogens with one attached hydrogen (secondary N) is 1. The van der Waals surface area contributed by atoms with Crippen LogP contribution in [0.5, 0.6) is 0 Å². The van der Waals surface area contributed by atoms with Crippen LogP contribution in [0, 0.1) is 6.92 Å². The van der Waals surface area contributed by atoms with Crippen LogP contribution in [-0.2, 0) is 17.6 Å². The third-order valence-electron chi connectivity index (χ3n) is 5.35. The lowest BCUT2D eigenvalue weighted by Gasteiger charge is -2.25. The average molecular weight is 384 g/mol. The molecular formula is C25H24N2O2. The van der Waals surface area contributed by atoms with Crippen molar-refractivity contribution in [2.75, 3.05) is 11.4 Å². The van der Waals surface area contributed by atoms with Crippen molar-refractivity contribution in [3.05, 3.63) is 101 Å². The van der Waals surface area contributed by atoms with Crippen molar-refractivity contribution in [3.8, 4) is 0 Å². The first-order chi connectivity index (χ1) is 14.1. The first-order valence-corrected chi connectivity index (χ1v) is 9.93. The van der Waals surface area contributed by atoms with E-state index in [0.717, 1.165) is 17.7 Å². The van der Waals surface area contributed by atoms with Crippen LogP contribution in [0.15, 0.2) is 78.9 Å². The maximum absolute atomic E-state index is 13.2. The highest BCUT2D eigenvalue weighted by Gasteiger charge is 2.38. The number of anilines is 1. The highest BCUT2D eigenvalue weighted by Crippen LogP contribution is 2.33. The molecule has 4 heteroatoms. The quantitative estimate of drug-likeness (QED) is 0.725. The molecule has 0 saturated carbocycles. The van der Waals surface area contributed by atoms with Gasteiger partial charge in [0.25, 0.3) is 5.91 Å². The number of benzene rings is 3. The molecule has 4 rings (SSSR count). The SMILES string of the molecule is Cc1ccc(CCNC(=O)C2Cc3ccccc3N2C(=O)c2ccccc2)cc1. The number of amides is 2. The van der Waals surface area contributed by atoms with E-state index in [1.807, 2.05) is 42.5 Å². The van der Waals surface area contributed by atoms with E-state index < -0.39 is 6.04 Å². The molecule has 0 saturated heterocycles. The molecule has 0 aromatic heterocycles. The van der Waals surface area contributed by atoms with Crippen LogP contribution in [0.25, 0.3) is 0 Å². The molecule has 1 heterocycles. The van der Waals surface area contributed by atoms with Crippen LogP contribution in [0.2, 0.25) is 0 Å². The lowest BCUT2D eigenvalue weighted by atomic mass is 10.1. The summed E-state index contributed by atoms with van der Waals surface area (Å²) in [6.07, 6.45) is 1.30. The molecular weight excluding hydrogens is 360 g/mol. The minimum Gasteiger partial charge on any atom is -0.354 e. The molecule has 0 bridgehead atoms. The Morgan fingerprint density at radius 1 is 0.931 bits per heavy atom. The first kappa shape index (κ1) is 18.9. The van der Waals surface area contributed by atoms with E-state index in [2.05, 4.69) is 36.5 Å². The predicted molar refractivity (Wildman–Crippen MR) is 115 cm³/mol. The minimum absolute atomic E-state index is 0.113. The second kappa shape index (κ2) is 8.31. The fraction of sp³-hybridized carbons (Fsp3) is 0.200. The van der Waals surface area contributed by atoms with E-state index in [-0.39, 0.29) is 11.8 Å². The lowest BCUT2D eigenvalue weighted by Crippen LogP contribution is -2.48. The fourth-order valence-electron chi connectivity index (χ4n) is 3.77. The number of nitrogens with zero attached hydrogens (tertiary/aromatic N) is 1. The van der Waals surface area contributed by atoms with Gasteiger partial charge in [-0.3, -0.25) is 14.5 Å². The van der Waals surface area contributed by atoms with Crippen LogP contribution >= 0.6 is 0 Å². The van der Waals surface area contributed by atoms with Gasteiger partial charge in [-0.15, -0.1) is 0 Å². The van der Waals surface area contributed by atoms with E-state index >= 15 is 0 Å². The van der Waals surface area contributed by atoms with Crippen LogP contribution in [0.4, 0.5) is 5.69 Å². The first-order valence-electron chi connectivity index (χ1n) is 9.93. The number of para-hydroxylation sites is 1. The van der Waals surface area contributed by atoms with Crippen molar-refractivity contribution in [1.29, 1.82) is 0 Å². The van der Waals surface area contributed by atoms with Gasteiger partial charge in [0.15, 0.2) is 0 Å². The van der Waals surface area contributed by atoms with Gasteiger partial charge >= 0.3 is 0 Å². The van der Waals surface area contributed by atoms with E-state index in [0.29, 0.717) is 18.5 Å². The largest absolute Gasteiger partial charge is 0.354 e. The summed E-state index contributed by atoms with van der Waals surface area (Å²) in [6.45, 7) is 2.60. The van der Waals surface area contributed by atoms with Crippen molar-refractivity contribution >= 4 is 17.5 Å². The summed E-state index contributed by atoms with van der Waals surface area (Å²) >= 11 is 0. The molecule has 3 aromatic carbocycles. The number of hydrogen-bond donors (Lipinski definition) is 1. The van der Waals surface area contributed by atoms with Gasteiger partial charge in [-0.2, -0.15) is 0 Å². The Bertz CT molecular complexity index is 1010. The Hall–Kier alpha value is -3.40. The Balaban J connectivity index is 1.49. The molecule has 3 aromatic rings. The molecule has 0 aliphatic carbocycles. The average Bonchev–Trinajstić information content (AvgIpc) is 3.15. The summed E-state index contributed by atoms with van der Waals surface area (Å²) in [7, 11) is 0. The number of aryl methyl sites for hydroxylation is 1. The summed E-state index contributed by atoms with van der Waals surface area (Å²) in [5.74, 6) is -0.258. The summed E-state index contributed by atoms with van der Waals surface area (Å²) in [6, 6.07) is 24.7. The highest BCUT2D eigenvalue weighted by molar-refractivity contribution is 6.11. The summed E-state index contributed by atoms with van der Waals surface area (Å²) < 4.78 is 0. The fourth-order valence-corrected chi connectivity index (χ4v) is 3.77. The molecule has 1 N–H and O–H groups in total. The molecule has 1 atom stereocenters. The van der Waals surface area contributed by atoms with Gasteiger partial charge in [-0.1, -0.05) is 66.2 Å². The molecule has 2 amide bonds. The molecule has 1 aliphatic rings. The Morgan fingerprint density at radius 2 is 1.62 bits per heavy atom. The molecule has 1 aliphatic heterocycles. The standard InChI is InChI=1S/C25H24N2O2/c1-18-11-13-19(14-12-18)15-16-26-24(28)23-17-21-9-5-6-10-22(21)27(23)25(29)20-7-3-2-4-8-20/h2-14,23H,15-17H2,1H3,(H,26,28). The Morgan fingerprint density at radius 3 is 2.38 bits per heavy atom. The normalized spacial score (nSPS) is 15.1. The van der Waals surface area contributed by atoms with Gasteiger partial charge in [0.2, 0.25) is 5.91 Å². The third kappa shape index (κ3) is 4.06. The zero-order valence-electron chi connectivity index (χ0n) is 16.5. The Kier molecular flexibility index (Phi) is 5.43. The molecule has 4 nitrogen and oxygen atoms in total. The second-order valence-electron chi connectivity index (χ2n) is 7.42. The van der Waals surface area contributed by atoms with Gasteiger partial charge in [-0.25, -0.2) is 0 Å². The predicted octanol–water partition coefficient (Wildman–Crippen LogP) is 3.93. The maximum Gasteiger partial charge on any atom is 0.259 e. The number of fused-ring (bicyclic) bond motifs is 1. The monoisotopic (exact) mass is 384 g/mol. The molecule has 1 unspecified atom stereocenters. The van der Waals surface area contributed by atoms with Gasteiger partial charge in [0.05, 0.1) is 0 Å². The van der Waals surface area contributed by atoms with Gasteiger partial charge in [-0.05, 0) is 42.7 Å². The van der Waals surface area contributed by atoms with Crippen molar-refractivity contribution in [3.63, 3.8) is 0 Å². The molecule has 0 spiro atoms.